The molecule has 2 bridgehead atoms. The Hall–Kier alpha value is -1.12. The summed E-state index contributed by atoms with van der Waals surface area (Å²) in [5.41, 5.74) is 3.49. The van der Waals surface area contributed by atoms with Crippen molar-refractivity contribution >= 4 is 58.0 Å². The number of nitrogens with one attached hydrogen (secondary N) is 2. The van der Waals surface area contributed by atoms with Crippen LogP contribution in [0.5, 0.6) is 0 Å². The molecule has 26 heavy (non-hydrogen) atoms. The van der Waals surface area contributed by atoms with E-state index in [9.17, 15) is 22.8 Å². The molecular weight excluding hydrogens is 383 g/mol. The molecule has 0 aliphatic carbocycles. The molecule has 0 spiro atoms. The van der Waals surface area contributed by atoms with Crippen molar-refractivity contribution in [2.24, 2.45) is 0 Å². The molecule has 2 unspecified atom stereocenters. The number of hydrogen-bond acceptors (Lipinski definition) is 7. The van der Waals surface area contributed by atoms with Gasteiger partial charge in [0, 0.05) is 6.54 Å². The molecule has 2 saturated heterocycles. The summed E-state index contributed by atoms with van der Waals surface area (Å²) >= 11 is 0. The van der Waals surface area contributed by atoms with E-state index < -0.39 is 46.1 Å². The molecule has 2 aliphatic rings. The number of fused-ring (bicyclic) bond motifs is 2. The van der Waals surface area contributed by atoms with E-state index in [1.54, 1.807) is 20.8 Å². The van der Waals surface area contributed by atoms with Crippen molar-refractivity contribution in [1.29, 1.82) is 0 Å². The zero-order chi connectivity index (χ0) is 19.0. The van der Waals surface area contributed by atoms with Crippen LogP contribution in [0, 0.1) is 0 Å². The van der Waals surface area contributed by atoms with Gasteiger partial charge in [0.1, 0.15) is 11.6 Å². The summed E-state index contributed by atoms with van der Waals surface area (Å²) in [6.07, 6.45) is -0.357. The quantitative estimate of drug-likeness (QED) is 0.304. The van der Waals surface area contributed by atoms with E-state index in [0.717, 1.165) is 4.90 Å². The first-order valence-electron chi connectivity index (χ1n) is 7.43. The molecule has 2 aliphatic heterocycles. The summed E-state index contributed by atoms with van der Waals surface area (Å²) in [6, 6.07) is -2.39. The van der Waals surface area contributed by atoms with Crippen molar-refractivity contribution in [1.82, 2.24) is 20.8 Å². The summed E-state index contributed by atoms with van der Waals surface area (Å²) in [6.45, 7) is 5.02. The summed E-state index contributed by atoms with van der Waals surface area (Å²) in [5, 5.41) is 0.532. The van der Waals surface area contributed by atoms with Crippen LogP contribution in [0.1, 0.15) is 33.6 Å². The summed E-state index contributed by atoms with van der Waals surface area (Å²) in [7, 11) is -4.85. The number of piperidine rings is 1. The maximum atomic E-state index is 12.2. The number of nitrogens with zero attached hydrogens (tertiary/aromatic N) is 2. The topological polar surface area (TPSA) is 155 Å². The zero-order valence-corrected chi connectivity index (χ0v) is 14.7. The number of carbonyl (C=O) groups is 3. The predicted molar refractivity (Wildman–Crippen MR) is 88.0 cm³/mol. The van der Waals surface area contributed by atoms with E-state index in [-0.39, 0.29) is 48.9 Å². The molecule has 3 N–H and O–H groups in total. The number of hydrazine groups is 1. The van der Waals surface area contributed by atoms with Gasteiger partial charge in [0.05, 0.1) is 6.04 Å². The predicted octanol–water partition coefficient (Wildman–Crippen LogP) is -1.10. The molecule has 0 aromatic heterocycles. The Morgan fingerprint density at radius 3 is 2.38 bits per heavy atom. The fraction of sp³-hybridized carbons (Fsp3) is 0.750. The Morgan fingerprint density at radius 1 is 1.23 bits per heavy atom. The fourth-order valence-electron chi connectivity index (χ4n) is 2.60. The van der Waals surface area contributed by atoms with Gasteiger partial charge in [-0.15, -0.1) is 4.28 Å². The minimum atomic E-state index is -4.85. The molecule has 2 rings (SSSR count). The Balaban J connectivity index is 0.00000338. The van der Waals surface area contributed by atoms with E-state index in [2.05, 4.69) is 15.1 Å². The van der Waals surface area contributed by atoms with Crippen molar-refractivity contribution in [3.05, 3.63) is 0 Å². The number of carbonyl (C=O) groups excluding carboxylic acids is 3. The first-order valence-corrected chi connectivity index (χ1v) is 8.79. The van der Waals surface area contributed by atoms with Crippen molar-refractivity contribution < 1.29 is 36.4 Å². The van der Waals surface area contributed by atoms with Crippen LogP contribution in [0.2, 0.25) is 0 Å². The van der Waals surface area contributed by atoms with E-state index in [1.165, 1.54) is 0 Å². The van der Waals surface area contributed by atoms with Crippen molar-refractivity contribution in [2.75, 3.05) is 6.54 Å². The van der Waals surface area contributed by atoms with Gasteiger partial charge in [-0.3, -0.25) is 14.8 Å². The van der Waals surface area contributed by atoms with Gasteiger partial charge in [0.2, 0.25) is 0 Å². The van der Waals surface area contributed by atoms with Crippen LogP contribution in [-0.4, -0.2) is 94.8 Å². The normalized spacial score (nSPS) is 22.5. The summed E-state index contributed by atoms with van der Waals surface area (Å²) in [4.78, 5) is 37.0. The molecule has 12 nitrogen and oxygen atoms in total. The number of hydroxylamine groups is 2. The van der Waals surface area contributed by atoms with Gasteiger partial charge in [-0.25, -0.2) is 15.0 Å². The van der Waals surface area contributed by atoms with E-state index in [4.69, 9.17) is 9.29 Å². The van der Waals surface area contributed by atoms with Gasteiger partial charge in [-0.2, -0.15) is 13.5 Å². The first-order chi connectivity index (χ1) is 11.4. The van der Waals surface area contributed by atoms with Gasteiger partial charge in [-0.1, -0.05) is 0 Å². The fourth-order valence-corrected chi connectivity index (χ4v) is 2.99. The van der Waals surface area contributed by atoms with Gasteiger partial charge < -0.3 is 9.64 Å². The average molecular weight is 404 g/mol. The molecule has 0 radical (unpaired) electrons. The molecular formula is C12H21N4NaO8S. The Morgan fingerprint density at radius 2 is 1.85 bits per heavy atom. The first kappa shape index (κ1) is 22.9. The van der Waals surface area contributed by atoms with Crippen LogP contribution >= 0.6 is 0 Å². The van der Waals surface area contributed by atoms with Gasteiger partial charge in [-0.05, 0) is 33.6 Å². The van der Waals surface area contributed by atoms with Crippen LogP contribution in [0.15, 0.2) is 0 Å². The summed E-state index contributed by atoms with van der Waals surface area (Å²) < 4.78 is 39.6. The minimum absolute atomic E-state index is 0. The number of amides is 4. The average Bonchev–Trinajstić information content (AvgIpc) is 2.67. The van der Waals surface area contributed by atoms with E-state index in [0.29, 0.717) is 5.06 Å². The summed E-state index contributed by atoms with van der Waals surface area (Å²) in [5.74, 6) is -0.661. The van der Waals surface area contributed by atoms with Crippen molar-refractivity contribution in [2.45, 2.75) is 51.3 Å². The number of urea groups is 1. The Labute approximate surface area is 172 Å². The van der Waals surface area contributed by atoms with E-state index in [1.807, 2.05) is 0 Å². The Bertz CT molecular complexity index is 679. The SMILES string of the molecule is CC(C)(C)OC(=O)NNC(=O)C1CCC2CN1C(=O)N2OS(=O)(=O)O.[NaH]. The third-order valence-corrected chi connectivity index (χ3v) is 3.84. The number of rotatable bonds is 3. The second-order valence-corrected chi connectivity index (χ2v) is 7.63. The molecule has 4 amide bonds. The number of ether oxygens (including phenoxy) is 1. The van der Waals surface area contributed by atoms with Crippen LogP contribution in [0.25, 0.3) is 0 Å². The third-order valence-electron chi connectivity index (χ3n) is 3.49. The molecule has 14 heteroatoms. The molecule has 2 atom stereocenters. The van der Waals surface area contributed by atoms with Gasteiger partial charge in [0.25, 0.3) is 5.91 Å². The second kappa shape index (κ2) is 8.27. The van der Waals surface area contributed by atoms with Crippen molar-refractivity contribution in [3.63, 3.8) is 0 Å². The van der Waals surface area contributed by atoms with Crippen LogP contribution in [-0.2, 0) is 24.2 Å². The standard InChI is InChI=1S/C12H20N4O8S.Na.H/c1-12(2,3)23-10(18)14-13-9(17)8-5-4-7-6-15(8)11(19)16(7)24-25(20,21)22;;/h7-8H,4-6H2,1-3H3,(H,13,17)(H,14,18)(H,20,21,22);;. The second-order valence-electron chi connectivity index (χ2n) is 6.63. The molecule has 0 saturated carbocycles. The van der Waals surface area contributed by atoms with Crippen LogP contribution < -0.4 is 10.9 Å². The molecule has 144 valence electrons. The molecule has 0 aromatic carbocycles. The van der Waals surface area contributed by atoms with Crippen molar-refractivity contribution in [3.8, 4) is 0 Å². The monoisotopic (exact) mass is 404 g/mol. The maximum absolute atomic E-state index is 12.2. The molecule has 2 fully saturated rings. The zero-order valence-electron chi connectivity index (χ0n) is 13.9. The molecule has 2 heterocycles. The molecule has 0 aromatic rings. The van der Waals surface area contributed by atoms with Gasteiger partial charge >= 0.3 is 52.1 Å². The Kier molecular flexibility index (Phi) is 7.29. The van der Waals surface area contributed by atoms with Gasteiger partial charge in [0.15, 0.2) is 0 Å². The number of hydrogen-bond donors (Lipinski definition) is 3. The third kappa shape index (κ3) is 5.96. The van der Waals surface area contributed by atoms with E-state index >= 15 is 0 Å². The van der Waals surface area contributed by atoms with Crippen LogP contribution in [0.3, 0.4) is 0 Å². The van der Waals surface area contributed by atoms with Crippen LogP contribution in [0.4, 0.5) is 9.59 Å².